The standard InChI is InChI=1S/C12H14BrFN4O/c1-19-5-4-18-11(7-15)16-17-12(18)9-3-2-8(14)6-10(9)13/h2-3,6H,4-5,7,15H2,1H3. The average Bonchev–Trinajstić information content (AvgIpc) is 2.79. The predicted molar refractivity (Wildman–Crippen MR) is 72.9 cm³/mol. The molecule has 0 atom stereocenters. The number of methoxy groups -OCH3 is 1. The molecule has 0 amide bonds. The summed E-state index contributed by atoms with van der Waals surface area (Å²) < 4.78 is 20.7. The van der Waals surface area contributed by atoms with E-state index in [4.69, 9.17) is 10.5 Å². The van der Waals surface area contributed by atoms with Gasteiger partial charge in [0.15, 0.2) is 5.82 Å². The van der Waals surface area contributed by atoms with E-state index in [0.29, 0.717) is 29.3 Å². The maximum Gasteiger partial charge on any atom is 0.165 e. The molecule has 0 spiro atoms. The van der Waals surface area contributed by atoms with Crippen LogP contribution in [0.5, 0.6) is 0 Å². The lowest BCUT2D eigenvalue weighted by atomic mass is 10.2. The Labute approximate surface area is 118 Å². The molecule has 1 heterocycles. The first kappa shape index (κ1) is 14.1. The molecule has 7 heteroatoms. The van der Waals surface area contributed by atoms with Crippen molar-refractivity contribution >= 4 is 15.9 Å². The molecule has 0 aliphatic rings. The number of rotatable bonds is 5. The monoisotopic (exact) mass is 328 g/mol. The highest BCUT2D eigenvalue weighted by Crippen LogP contribution is 2.28. The summed E-state index contributed by atoms with van der Waals surface area (Å²) in [5.74, 6) is 1.00. The Balaban J connectivity index is 2.46. The number of nitrogens with two attached hydrogens (primary N) is 1. The molecule has 0 saturated carbocycles. The van der Waals surface area contributed by atoms with E-state index in [1.165, 1.54) is 12.1 Å². The number of benzene rings is 1. The topological polar surface area (TPSA) is 66.0 Å². The van der Waals surface area contributed by atoms with Crippen LogP contribution < -0.4 is 5.73 Å². The third-order valence-electron chi connectivity index (χ3n) is 2.70. The van der Waals surface area contributed by atoms with E-state index in [1.807, 2.05) is 4.57 Å². The Morgan fingerprint density at radius 3 is 2.84 bits per heavy atom. The van der Waals surface area contributed by atoms with Gasteiger partial charge in [-0.2, -0.15) is 0 Å². The molecule has 0 aliphatic carbocycles. The van der Waals surface area contributed by atoms with E-state index in [-0.39, 0.29) is 12.4 Å². The minimum absolute atomic E-state index is 0.287. The Bertz CT molecular complexity index is 573. The van der Waals surface area contributed by atoms with Gasteiger partial charge in [0.1, 0.15) is 11.6 Å². The van der Waals surface area contributed by atoms with E-state index < -0.39 is 0 Å². The van der Waals surface area contributed by atoms with Crippen LogP contribution in [0.1, 0.15) is 5.82 Å². The van der Waals surface area contributed by atoms with Crippen LogP contribution in [0.25, 0.3) is 11.4 Å². The number of hydrogen-bond acceptors (Lipinski definition) is 4. The van der Waals surface area contributed by atoms with Crippen LogP contribution in [-0.2, 0) is 17.8 Å². The molecular formula is C12H14BrFN4O. The summed E-state index contributed by atoms with van der Waals surface area (Å²) in [5, 5.41) is 8.17. The summed E-state index contributed by atoms with van der Waals surface area (Å²) in [6, 6.07) is 4.44. The van der Waals surface area contributed by atoms with Crippen molar-refractivity contribution in [2.75, 3.05) is 13.7 Å². The molecule has 1 aromatic heterocycles. The Kier molecular flexibility index (Phi) is 4.62. The van der Waals surface area contributed by atoms with E-state index in [1.54, 1.807) is 13.2 Å². The molecule has 0 unspecified atom stereocenters. The Hall–Kier alpha value is -1.31. The SMILES string of the molecule is COCCn1c(CN)nnc1-c1ccc(F)cc1Br. The third kappa shape index (κ3) is 2.99. The van der Waals surface area contributed by atoms with Crippen molar-refractivity contribution < 1.29 is 9.13 Å². The van der Waals surface area contributed by atoms with Gasteiger partial charge in [-0.25, -0.2) is 4.39 Å². The molecule has 2 N–H and O–H groups in total. The first-order chi connectivity index (χ1) is 9.17. The normalized spacial score (nSPS) is 10.9. The number of halogens is 2. The van der Waals surface area contributed by atoms with Crippen molar-refractivity contribution in [1.82, 2.24) is 14.8 Å². The quantitative estimate of drug-likeness (QED) is 0.911. The fourth-order valence-electron chi connectivity index (χ4n) is 1.77. The van der Waals surface area contributed by atoms with Gasteiger partial charge in [0.2, 0.25) is 0 Å². The summed E-state index contributed by atoms with van der Waals surface area (Å²) in [6.07, 6.45) is 0. The van der Waals surface area contributed by atoms with Gasteiger partial charge in [0, 0.05) is 23.7 Å². The lowest BCUT2D eigenvalue weighted by Crippen LogP contribution is -2.12. The Morgan fingerprint density at radius 2 is 2.21 bits per heavy atom. The van der Waals surface area contributed by atoms with E-state index in [9.17, 15) is 4.39 Å². The molecule has 1 aromatic carbocycles. The molecule has 0 fully saturated rings. The fourth-order valence-corrected chi connectivity index (χ4v) is 2.30. The molecule has 2 rings (SSSR count). The zero-order valence-electron chi connectivity index (χ0n) is 10.4. The maximum atomic E-state index is 13.1. The van der Waals surface area contributed by atoms with Gasteiger partial charge in [-0.05, 0) is 34.1 Å². The molecule has 102 valence electrons. The van der Waals surface area contributed by atoms with E-state index in [2.05, 4.69) is 26.1 Å². The lowest BCUT2D eigenvalue weighted by Gasteiger charge is -2.10. The predicted octanol–water partition coefficient (Wildman–Crippen LogP) is 1.95. The first-order valence-corrected chi connectivity index (χ1v) is 6.53. The molecule has 2 aromatic rings. The highest BCUT2D eigenvalue weighted by Gasteiger charge is 2.15. The molecule has 0 aliphatic heterocycles. The number of ether oxygens (including phenoxy) is 1. The maximum absolute atomic E-state index is 13.1. The van der Waals surface area contributed by atoms with Crippen molar-refractivity contribution in [2.24, 2.45) is 5.73 Å². The highest BCUT2D eigenvalue weighted by molar-refractivity contribution is 9.10. The van der Waals surface area contributed by atoms with Gasteiger partial charge in [-0.15, -0.1) is 10.2 Å². The molecule has 0 radical (unpaired) electrons. The third-order valence-corrected chi connectivity index (χ3v) is 3.36. The summed E-state index contributed by atoms with van der Waals surface area (Å²) in [6.45, 7) is 1.40. The molecule has 0 saturated heterocycles. The van der Waals surface area contributed by atoms with Crippen LogP contribution in [-0.4, -0.2) is 28.5 Å². The van der Waals surface area contributed by atoms with Gasteiger partial charge in [0.25, 0.3) is 0 Å². The Morgan fingerprint density at radius 1 is 1.42 bits per heavy atom. The minimum Gasteiger partial charge on any atom is -0.383 e. The van der Waals surface area contributed by atoms with Crippen molar-refractivity contribution in [1.29, 1.82) is 0 Å². The van der Waals surface area contributed by atoms with Gasteiger partial charge in [-0.3, -0.25) is 0 Å². The van der Waals surface area contributed by atoms with E-state index in [0.717, 1.165) is 5.56 Å². The fraction of sp³-hybridized carbons (Fsp3) is 0.333. The molecular weight excluding hydrogens is 315 g/mol. The summed E-state index contributed by atoms with van der Waals surface area (Å²) in [4.78, 5) is 0. The molecule has 5 nitrogen and oxygen atoms in total. The summed E-state index contributed by atoms with van der Waals surface area (Å²) in [5.41, 5.74) is 6.41. The van der Waals surface area contributed by atoms with Crippen molar-refractivity contribution in [2.45, 2.75) is 13.1 Å². The number of aromatic nitrogens is 3. The number of hydrogen-bond donors (Lipinski definition) is 1. The second kappa shape index (κ2) is 6.23. The van der Waals surface area contributed by atoms with Gasteiger partial charge >= 0.3 is 0 Å². The molecule has 0 bridgehead atoms. The van der Waals surface area contributed by atoms with Gasteiger partial charge in [-0.1, -0.05) is 0 Å². The second-order valence-corrected chi connectivity index (χ2v) is 4.77. The first-order valence-electron chi connectivity index (χ1n) is 5.74. The van der Waals surface area contributed by atoms with Crippen LogP contribution in [0.4, 0.5) is 4.39 Å². The average molecular weight is 329 g/mol. The highest BCUT2D eigenvalue weighted by atomic mass is 79.9. The smallest absolute Gasteiger partial charge is 0.165 e. The van der Waals surface area contributed by atoms with E-state index >= 15 is 0 Å². The minimum atomic E-state index is -0.308. The van der Waals surface area contributed by atoms with Crippen molar-refractivity contribution in [3.63, 3.8) is 0 Å². The van der Waals surface area contributed by atoms with Crippen LogP contribution in [0, 0.1) is 5.82 Å². The van der Waals surface area contributed by atoms with Crippen molar-refractivity contribution in [3.05, 3.63) is 34.3 Å². The molecule has 19 heavy (non-hydrogen) atoms. The summed E-state index contributed by atoms with van der Waals surface area (Å²) in [7, 11) is 1.62. The van der Waals surface area contributed by atoms with Crippen LogP contribution in [0.2, 0.25) is 0 Å². The zero-order valence-corrected chi connectivity index (χ0v) is 12.0. The van der Waals surface area contributed by atoms with Crippen LogP contribution >= 0.6 is 15.9 Å². The summed E-state index contributed by atoms with van der Waals surface area (Å²) >= 11 is 3.33. The number of nitrogens with zero attached hydrogens (tertiary/aromatic N) is 3. The largest absolute Gasteiger partial charge is 0.383 e. The van der Waals surface area contributed by atoms with Crippen molar-refractivity contribution in [3.8, 4) is 11.4 Å². The lowest BCUT2D eigenvalue weighted by molar-refractivity contribution is 0.186. The van der Waals surface area contributed by atoms with Gasteiger partial charge < -0.3 is 15.0 Å². The van der Waals surface area contributed by atoms with Crippen LogP contribution in [0.15, 0.2) is 22.7 Å². The second-order valence-electron chi connectivity index (χ2n) is 3.91. The van der Waals surface area contributed by atoms with Gasteiger partial charge in [0.05, 0.1) is 13.2 Å². The zero-order chi connectivity index (χ0) is 13.8. The van der Waals surface area contributed by atoms with Crippen LogP contribution in [0.3, 0.4) is 0 Å².